The standard InChI is InChI=1S/C17H23BrN2/c1-13(17(2,3)4)10-16(18)14-11-19-20(12-14)15-8-6-5-7-9-15/h5-9,11-13,16H,10H2,1-4H3. The lowest BCUT2D eigenvalue weighted by atomic mass is 9.79. The summed E-state index contributed by atoms with van der Waals surface area (Å²) in [6.07, 6.45) is 5.19. The van der Waals surface area contributed by atoms with Crippen LogP contribution in [0.25, 0.3) is 5.69 Å². The van der Waals surface area contributed by atoms with Crippen LogP contribution < -0.4 is 0 Å². The molecule has 1 heterocycles. The molecule has 0 fully saturated rings. The van der Waals surface area contributed by atoms with E-state index in [4.69, 9.17) is 0 Å². The first-order valence-corrected chi connectivity index (χ1v) is 8.03. The fourth-order valence-corrected chi connectivity index (χ4v) is 2.82. The zero-order chi connectivity index (χ0) is 14.8. The van der Waals surface area contributed by atoms with E-state index in [1.807, 2.05) is 29.1 Å². The number of rotatable bonds is 4. The summed E-state index contributed by atoms with van der Waals surface area (Å²) in [5.74, 6) is 0.645. The van der Waals surface area contributed by atoms with Gasteiger partial charge < -0.3 is 0 Å². The van der Waals surface area contributed by atoms with Crippen LogP contribution in [0, 0.1) is 11.3 Å². The van der Waals surface area contributed by atoms with Gasteiger partial charge in [0.25, 0.3) is 0 Å². The van der Waals surface area contributed by atoms with Gasteiger partial charge in [-0.25, -0.2) is 4.68 Å². The Morgan fingerprint density at radius 2 is 1.85 bits per heavy atom. The number of benzene rings is 1. The third kappa shape index (κ3) is 3.72. The molecule has 0 saturated carbocycles. The Hall–Kier alpha value is -1.09. The van der Waals surface area contributed by atoms with Crippen LogP contribution in [-0.2, 0) is 0 Å². The molecule has 0 amide bonds. The Kier molecular flexibility index (Phi) is 4.69. The molecule has 1 aromatic heterocycles. The van der Waals surface area contributed by atoms with Crippen molar-refractivity contribution in [1.82, 2.24) is 9.78 Å². The van der Waals surface area contributed by atoms with E-state index in [1.165, 1.54) is 5.56 Å². The topological polar surface area (TPSA) is 17.8 Å². The van der Waals surface area contributed by atoms with E-state index < -0.39 is 0 Å². The first-order valence-electron chi connectivity index (χ1n) is 7.12. The summed E-state index contributed by atoms with van der Waals surface area (Å²) >= 11 is 3.81. The molecule has 0 bridgehead atoms. The van der Waals surface area contributed by atoms with Crippen molar-refractivity contribution in [3.8, 4) is 5.69 Å². The van der Waals surface area contributed by atoms with Crippen molar-refractivity contribution >= 4 is 15.9 Å². The zero-order valence-electron chi connectivity index (χ0n) is 12.7. The van der Waals surface area contributed by atoms with Gasteiger partial charge in [-0.2, -0.15) is 5.10 Å². The molecule has 2 nitrogen and oxygen atoms in total. The summed E-state index contributed by atoms with van der Waals surface area (Å²) in [7, 11) is 0. The minimum absolute atomic E-state index is 0.335. The molecule has 2 rings (SSSR count). The fourth-order valence-electron chi connectivity index (χ4n) is 2.02. The van der Waals surface area contributed by atoms with Crippen molar-refractivity contribution in [3.63, 3.8) is 0 Å². The van der Waals surface area contributed by atoms with Crippen molar-refractivity contribution in [3.05, 3.63) is 48.3 Å². The molecule has 0 saturated heterocycles. The zero-order valence-corrected chi connectivity index (χ0v) is 14.3. The Morgan fingerprint density at radius 3 is 2.45 bits per heavy atom. The second-order valence-electron chi connectivity index (χ2n) is 6.52. The third-order valence-corrected chi connectivity index (χ3v) is 4.93. The average Bonchev–Trinajstić information content (AvgIpc) is 2.88. The summed E-state index contributed by atoms with van der Waals surface area (Å²) in [6.45, 7) is 9.20. The van der Waals surface area contributed by atoms with E-state index in [0.29, 0.717) is 16.2 Å². The number of para-hydroxylation sites is 1. The second kappa shape index (κ2) is 6.13. The van der Waals surface area contributed by atoms with Crippen LogP contribution in [0.3, 0.4) is 0 Å². The van der Waals surface area contributed by atoms with Gasteiger partial charge in [0.2, 0.25) is 0 Å². The van der Waals surface area contributed by atoms with E-state index >= 15 is 0 Å². The lowest BCUT2D eigenvalue weighted by Gasteiger charge is -2.28. The van der Waals surface area contributed by atoms with Crippen LogP contribution in [0.15, 0.2) is 42.7 Å². The summed E-state index contributed by atoms with van der Waals surface area (Å²) < 4.78 is 1.94. The fraction of sp³-hybridized carbons (Fsp3) is 0.471. The molecule has 0 aliphatic rings. The molecule has 0 radical (unpaired) electrons. The third-order valence-electron chi connectivity index (χ3n) is 4.02. The lowest BCUT2D eigenvalue weighted by Crippen LogP contribution is -2.18. The summed E-state index contributed by atoms with van der Waals surface area (Å²) in [5.41, 5.74) is 2.67. The van der Waals surface area contributed by atoms with E-state index in [0.717, 1.165) is 12.1 Å². The first-order chi connectivity index (χ1) is 9.38. The molecular formula is C17H23BrN2. The lowest BCUT2D eigenvalue weighted by molar-refractivity contribution is 0.246. The van der Waals surface area contributed by atoms with Crippen molar-refractivity contribution in [2.45, 2.75) is 38.9 Å². The molecule has 0 aliphatic carbocycles. The van der Waals surface area contributed by atoms with Crippen LogP contribution >= 0.6 is 15.9 Å². The van der Waals surface area contributed by atoms with Crippen LogP contribution in [-0.4, -0.2) is 9.78 Å². The summed E-state index contributed by atoms with van der Waals surface area (Å²) in [5, 5.41) is 4.46. The molecule has 0 N–H and O–H groups in total. The highest BCUT2D eigenvalue weighted by molar-refractivity contribution is 9.09. The van der Waals surface area contributed by atoms with Crippen molar-refractivity contribution in [1.29, 1.82) is 0 Å². The van der Waals surface area contributed by atoms with Gasteiger partial charge in [0.15, 0.2) is 0 Å². The monoisotopic (exact) mass is 334 g/mol. The van der Waals surface area contributed by atoms with Gasteiger partial charge in [-0.15, -0.1) is 0 Å². The molecule has 108 valence electrons. The minimum atomic E-state index is 0.335. The average molecular weight is 335 g/mol. The highest BCUT2D eigenvalue weighted by Crippen LogP contribution is 2.37. The maximum Gasteiger partial charge on any atom is 0.0645 e. The maximum absolute atomic E-state index is 4.46. The van der Waals surface area contributed by atoms with Crippen molar-refractivity contribution in [2.75, 3.05) is 0 Å². The van der Waals surface area contributed by atoms with Gasteiger partial charge in [-0.05, 0) is 29.9 Å². The minimum Gasteiger partial charge on any atom is -0.241 e. The van der Waals surface area contributed by atoms with Crippen LogP contribution in [0.5, 0.6) is 0 Å². The number of nitrogens with zero attached hydrogens (tertiary/aromatic N) is 2. The molecule has 3 heteroatoms. The number of halogens is 1. The highest BCUT2D eigenvalue weighted by Gasteiger charge is 2.23. The molecule has 0 spiro atoms. The quantitative estimate of drug-likeness (QED) is 0.686. The maximum atomic E-state index is 4.46. The van der Waals surface area contributed by atoms with Gasteiger partial charge in [-0.3, -0.25) is 0 Å². The molecule has 2 unspecified atom stereocenters. The Balaban J connectivity index is 2.09. The number of hydrogen-bond acceptors (Lipinski definition) is 1. The smallest absolute Gasteiger partial charge is 0.0645 e. The summed E-state index contributed by atoms with van der Waals surface area (Å²) in [4.78, 5) is 0.356. The highest BCUT2D eigenvalue weighted by atomic mass is 79.9. The number of hydrogen-bond donors (Lipinski definition) is 0. The normalized spacial score (nSPS) is 15.1. The van der Waals surface area contributed by atoms with Crippen molar-refractivity contribution in [2.24, 2.45) is 11.3 Å². The molecule has 1 aromatic carbocycles. The Bertz CT molecular complexity index is 540. The molecule has 2 aromatic rings. The summed E-state index contributed by atoms with van der Waals surface area (Å²) in [6, 6.07) is 10.2. The Morgan fingerprint density at radius 1 is 1.20 bits per heavy atom. The first kappa shape index (κ1) is 15.3. The van der Waals surface area contributed by atoms with Gasteiger partial charge in [-0.1, -0.05) is 61.8 Å². The number of alkyl halides is 1. The van der Waals surface area contributed by atoms with Gasteiger partial charge in [0, 0.05) is 16.6 Å². The van der Waals surface area contributed by atoms with Crippen molar-refractivity contribution < 1.29 is 0 Å². The second-order valence-corrected chi connectivity index (χ2v) is 7.63. The van der Waals surface area contributed by atoms with Gasteiger partial charge in [0.1, 0.15) is 0 Å². The largest absolute Gasteiger partial charge is 0.241 e. The van der Waals surface area contributed by atoms with E-state index in [9.17, 15) is 0 Å². The Labute approximate surface area is 130 Å². The molecule has 0 aliphatic heterocycles. The molecule has 20 heavy (non-hydrogen) atoms. The predicted molar refractivity (Wildman–Crippen MR) is 88.5 cm³/mol. The van der Waals surface area contributed by atoms with Crippen LogP contribution in [0.4, 0.5) is 0 Å². The van der Waals surface area contributed by atoms with Gasteiger partial charge in [0.05, 0.1) is 11.9 Å². The van der Waals surface area contributed by atoms with E-state index in [2.05, 4.69) is 67.1 Å². The van der Waals surface area contributed by atoms with Crippen LogP contribution in [0.1, 0.15) is 44.5 Å². The molecule has 2 atom stereocenters. The molecular weight excluding hydrogens is 312 g/mol. The number of aromatic nitrogens is 2. The van der Waals surface area contributed by atoms with E-state index in [-0.39, 0.29) is 0 Å². The predicted octanol–water partition coefficient (Wildman–Crippen LogP) is 5.38. The van der Waals surface area contributed by atoms with Gasteiger partial charge >= 0.3 is 0 Å². The van der Waals surface area contributed by atoms with Crippen LogP contribution in [0.2, 0.25) is 0 Å². The van der Waals surface area contributed by atoms with E-state index in [1.54, 1.807) is 0 Å². The SMILES string of the molecule is CC(CC(Br)c1cnn(-c2ccccc2)c1)C(C)(C)C.